The maximum absolute atomic E-state index is 12.3. The van der Waals surface area contributed by atoms with Crippen LogP contribution in [-0.2, 0) is 16.6 Å². The minimum atomic E-state index is -3.66. The summed E-state index contributed by atoms with van der Waals surface area (Å²) < 4.78 is 26.5. The summed E-state index contributed by atoms with van der Waals surface area (Å²) in [4.78, 5) is 4.66. The van der Waals surface area contributed by atoms with Crippen molar-refractivity contribution >= 4 is 44.6 Å². The van der Waals surface area contributed by atoms with Crippen LogP contribution in [0.4, 0.5) is 0 Å². The van der Waals surface area contributed by atoms with Crippen LogP contribution < -0.4 is 0 Å². The Morgan fingerprint density at radius 2 is 2.05 bits per heavy atom. The molecule has 0 radical (unpaired) electrons. The van der Waals surface area contributed by atoms with Crippen molar-refractivity contribution < 1.29 is 8.42 Å². The fraction of sp³-hybridized carbons (Fsp3) is 0.182. The lowest BCUT2D eigenvalue weighted by atomic mass is 10.5. The standard InChI is InChI=1S/C11H10Cl2N2O2S2/c1-15(7-8-2-3-11(13)18-8)19(16,17)10-6-14-5-4-9(10)12/h2-6H,7H2,1H3. The second-order valence-electron chi connectivity index (χ2n) is 3.77. The topological polar surface area (TPSA) is 50.3 Å². The van der Waals surface area contributed by atoms with E-state index in [4.69, 9.17) is 23.2 Å². The summed E-state index contributed by atoms with van der Waals surface area (Å²) in [5.74, 6) is 0. The highest BCUT2D eigenvalue weighted by molar-refractivity contribution is 7.89. The van der Waals surface area contributed by atoms with Crippen molar-refractivity contribution in [2.24, 2.45) is 0 Å². The molecule has 0 atom stereocenters. The van der Waals surface area contributed by atoms with Gasteiger partial charge in [0.1, 0.15) is 4.90 Å². The monoisotopic (exact) mass is 336 g/mol. The third-order valence-electron chi connectivity index (χ3n) is 2.43. The van der Waals surface area contributed by atoms with Crippen molar-refractivity contribution in [1.82, 2.24) is 9.29 Å². The van der Waals surface area contributed by atoms with Gasteiger partial charge in [0, 0.05) is 30.9 Å². The molecule has 0 bridgehead atoms. The number of sulfonamides is 1. The van der Waals surface area contributed by atoms with Crippen molar-refractivity contribution in [2.75, 3.05) is 7.05 Å². The van der Waals surface area contributed by atoms with Gasteiger partial charge in [-0.25, -0.2) is 8.42 Å². The Kier molecular flexibility index (Phi) is 4.47. The van der Waals surface area contributed by atoms with Crippen molar-refractivity contribution in [3.8, 4) is 0 Å². The first kappa shape index (κ1) is 14.7. The molecule has 0 aromatic carbocycles. The van der Waals surface area contributed by atoms with Crippen LogP contribution in [0.1, 0.15) is 4.88 Å². The SMILES string of the molecule is CN(Cc1ccc(Cl)s1)S(=O)(=O)c1cnccc1Cl. The van der Waals surface area contributed by atoms with Crippen LogP contribution in [0.3, 0.4) is 0 Å². The molecule has 2 aromatic heterocycles. The Balaban J connectivity index is 2.27. The van der Waals surface area contributed by atoms with Crippen molar-refractivity contribution in [3.05, 3.63) is 44.8 Å². The van der Waals surface area contributed by atoms with E-state index in [2.05, 4.69) is 4.98 Å². The van der Waals surface area contributed by atoms with Gasteiger partial charge in [-0.15, -0.1) is 11.3 Å². The molecule has 0 aliphatic heterocycles. The molecule has 19 heavy (non-hydrogen) atoms. The second kappa shape index (κ2) is 5.76. The number of nitrogens with zero attached hydrogens (tertiary/aromatic N) is 2. The fourth-order valence-electron chi connectivity index (χ4n) is 1.46. The molecule has 0 unspecified atom stereocenters. The van der Waals surface area contributed by atoms with Crippen LogP contribution in [0.2, 0.25) is 9.36 Å². The van der Waals surface area contributed by atoms with Gasteiger partial charge >= 0.3 is 0 Å². The normalized spacial score (nSPS) is 12.0. The van der Waals surface area contributed by atoms with E-state index in [0.29, 0.717) is 4.34 Å². The molecular weight excluding hydrogens is 327 g/mol. The largest absolute Gasteiger partial charge is 0.263 e. The van der Waals surface area contributed by atoms with E-state index in [9.17, 15) is 8.42 Å². The van der Waals surface area contributed by atoms with Gasteiger partial charge < -0.3 is 0 Å². The number of rotatable bonds is 4. The molecule has 0 saturated carbocycles. The Labute approximate surface area is 125 Å². The summed E-state index contributed by atoms with van der Waals surface area (Å²) in [6.07, 6.45) is 2.69. The maximum Gasteiger partial charge on any atom is 0.246 e. The molecule has 0 spiro atoms. The van der Waals surface area contributed by atoms with Gasteiger partial charge in [0.15, 0.2) is 0 Å². The molecule has 2 heterocycles. The third-order valence-corrected chi connectivity index (χ3v) is 5.92. The maximum atomic E-state index is 12.3. The highest BCUT2D eigenvalue weighted by Gasteiger charge is 2.24. The number of halogens is 2. The summed E-state index contributed by atoms with van der Waals surface area (Å²) in [7, 11) is -2.16. The molecule has 0 fully saturated rings. The Morgan fingerprint density at radius 3 is 2.63 bits per heavy atom. The molecule has 4 nitrogen and oxygen atoms in total. The van der Waals surface area contributed by atoms with Crippen LogP contribution in [0.5, 0.6) is 0 Å². The predicted octanol–water partition coefficient (Wildman–Crippen LogP) is 3.27. The van der Waals surface area contributed by atoms with Gasteiger partial charge in [0.25, 0.3) is 0 Å². The first-order valence-corrected chi connectivity index (χ1v) is 8.22. The van der Waals surface area contributed by atoms with E-state index in [1.807, 2.05) is 0 Å². The number of thiophene rings is 1. The highest BCUT2D eigenvalue weighted by atomic mass is 35.5. The smallest absolute Gasteiger partial charge is 0.246 e. The van der Waals surface area contributed by atoms with Crippen molar-refractivity contribution in [3.63, 3.8) is 0 Å². The second-order valence-corrected chi connectivity index (χ2v) is 7.99. The fourth-order valence-corrected chi connectivity index (χ4v) is 4.24. The molecule has 0 saturated heterocycles. The highest BCUT2D eigenvalue weighted by Crippen LogP contribution is 2.26. The van der Waals surface area contributed by atoms with Gasteiger partial charge in [0.05, 0.1) is 9.36 Å². The molecule has 102 valence electrons. The van der Waals surface area contributed by atoms with Gasteiger partial charge in [-0.1, -0.05) is 23.2 Å². The Bertz CT molecular complexity index is 686. The van der Waals surface area contributed by atoms with Crippen molar-refractivity contribution in [2.45, 2.75) is 11.4 Å². The summed E-state index contributed by atoms with van der Waals surface area (Å²) in [6, 6.07) is 4.98. The van der Waals surface area contributed by atoms with Crippen LogP contribution in [0, 0.1) is 0 Å². The zero-order valence-corrected chi connectivity index (χ0v) is 13.0. The number of hydrogen-bond acceptors (Lipinski definition) is 4. The van der Waals surface area contributed by atoms with Gasteiger partial charge in [-0.3, -0.25) is 4.98 Å². The van der Waals surface area contributed by atoms with E-state index in [-0.39, 0.29) is 16.5 Å². The van der Waals surface area contributed by atoms with Gasteiger partial charge in [0.2, 0.25) is 10.0 Å². The molecule has 0 N–H and O–H groups in total. The molecule has 2 aromatic rings. The zero-order chi connectivity index (χ0) is 14.0. The van der Waals surface area contributed by atoms with E-state index in [1.54, 1.807) is 12.1 Å². The Morgan fingerprint density at radius 1 is 1.32 bits per heavy atom. The zero-order valence-electron chi connectivity index (χ0n) is 9.88. The van der Waals surface area contributed by atoms with E-state index in [0.717, 1.165) is 4.88 Å². The van der Waals surface area contributed by atoms with Crippen LogP contribution in [0.25, 0.3) is 0 Å². The lowest BCUT2D eigenvalue weighted by molar-refractivity contribution is 0.469. The first-order chi connectivity index (χ1) is 8.91. The van der Waals surface area contributed by atoms with E-state index < -0.39 is 10.0 Å². The minimum Gasteiger partial charge on any atom is -0.263 e. The molecule has 0 aliphatic carbocycles. The van der Waals surface area contributed by atoms with Crippen molar-refractivity contribution in [1.29, 1.82) is 0 Å². The molecule has 0 amide bonds. The summed E-state index contributed by atoms with van der Waals surface area (Å²) in [5.41, 5.74) is 0. The predicted molar refractivity (Wildman–Crippen MR) is 77.2 cm³/mol. The summed E-state index contributed by atoms with van der Waals surface area (Å²) in [6.45, 7) is 0.241. The van der Waals surface area contributed by atoms with Crippen LogP contribution in [-0.4, -0.2) is 24.8 Å². The molecule has 0 aliphatic rings. The third kappa shape index (κ3) is 3.27. The lowest BCUT2D eigenvalue weighted by Gasteiger charge is -2.16. The lowest BCUT2D eigenvalue weighted by Crippen LogP contribution is -2.26. The number of pyridine rings is 1. The Hall–Kier alpha value is -0.660. The quantitative estimate of drug-likeness (QED) is 0.860. The summed E-state index contributed by atoms with van der Waals surface area (Å²) in [5, 5.41) is 0.158. The van der Waals surface area contributed by atoms with E-state index in [1.165, 1.54) is 41.1 Å². The van der Waals surface area contributed by atoms with E-state index >= 15 is 0 Å². The molecule has 2 rings (SSSR count). The molecule has 8 heteroatoms. The van der Waals surface area contributed by atoms with Gasteiger partial charge in [-0.2, -0.15) is 4.31 Å². The van der Waals surface area contributed by atoms with Gasteiger partial charge in [-0.05, 0) is 18.2 Å². The first-order valence-electron chi connectivity index (χ1n) is 5.21. The minimum absolute atomic E-state index is 0.00168. The average molecular weight is 337 g/mol. The van der Waals surface area contributed by atoms with Crippen LogP contribution >= 0.6 is 34.5 Å². The summed E-state index contributed by atoms with van der Waals surface area (Å²) >= 11 is 13.1. The average Bonchev–Trinajstić information content (AvgIpc) is 2.75. The number of hydrogen-bond donors (Lipinski definition) is 0. The van der Waals surface area contributed by atoms with Crippen LogP contribution in [0.15, 0.2) is 35.5 Å². The molecular formula is C11H10Cl2N2O2S2. The number of aromatic nitrogens is 1.